The summed E-state index contributed by atoms with van der Waals surface area (Å²) in [4.78, 5) is 8.10. The number of nitrogens with zero attached hydrogens (tertiary/aromatic N) is 2. The lowest BCUT2D eigenvalue weighted by atomic mass is 10.1. The van der Waals surface area contributed by atoms with Crippen molar-refractivity contribution in [2.75, 3.05) is 11.1 Å². The highest BCUT2D eigenvalue weighted by Crippen LogP contribution is 2.24. The van der Waals surface area contributed by atoms with E-state index in [9.17, 15) is 0 Å². The first-order valence-electron chi connectivity index (χ1n) is 5.61. The molecule has 5 heteroatoms. The van der Waals surface area contributed by atoms with E-state index in [0.29, 0.717) is 29.0 Å². The van der Waals surface area contributed by atoms with E-state index in [-0.39, 0.29) is 0 Å². The summed E-state index contributed by atoms with van der Waals surface area (Å²) in [5, 5.41) is 11.1. The SMILES string of the molecule is CC(=N)c1c(N)ncnc1NC1CCCC1. The molecule has 2 rings (SSSR count). The molecular weight excluding hydrogens is 202 g/mol. The number of anilines is 2. The number of aromatic nitrogens is 2. The fourth-order valence-electron chi connectivity index (χ4n) is 2.14. The van der Waals surface area contributed by atoms with Crippen LogP contribution in [0.25, 0.3) is 0 Å². The fraction of sp³-hybridized carbons (Fsp3) is 0.545. The molecule has 0 aliphatic heterocycles. The lowest BCUT2D eigenvalue weighted by molar-refractivity contribution is 0.749. The van der Waals surface area contributed by atoms with Crippen LogP contribution in [0.5, 0.6) is 0 Å². The van der Waals surface area contributed by atoms with Gasteiger partial charge < -0.3 is 16.5 Å². The minimum absolute atomic E-state index is 0.378. The number of nitrogens with two attached hydrogens (primary N) is 1. The van der Waals surface area contributed by atoms with Gasteiger partial charge in [0, 0.05) is 11.8 Å². The van der Waals surface area contributed by atoms with Crippen LogP contribution in [-0.2, 0) is 0 Å². The topological polar surface area (TPSA) is 87.7 Å². The minimum Gasteiger partial charge on any atom is -0.383 e. The molecule has 0 amide bonds. The largest absolute Gasteiger partial charge is 0.383 e. The van der Waals surface area contributed by atoms with E-state index in [1.54, 1.807) is 6.92 Å². The third-order valence-corrected chi connectivity index (χ3v) is 2.95. The Kier molecular flexibility index (Phi) is 3.03. The minimum atomic E-state index is 0.378. The van der Waals surface area contributed by atoms with Gasteiger partial charge in [-0.2, -0.15) is 0 Å². The molecule has 1 aliphatic carbocycles. The second-order valence-corrected chi connectivity index (χ2v) is 4.23. The third kappa shape index (κ3) is 2.13. The summed E-state index contributed by atoms with van der Waals surface area (Å²) in [5.74, 6) is 1.08. The summed E-state index contributed by atoms with van der Waals surface area (Å²) < 4.78 is 0. The van der Waals surface area contributed by atoms with Crippen LogP contribution in [-0.4, -0.2) is 21.7 Å². The van der Waals surface area contributed by atoms with E-state index in [1.807, 2.05) is 0 Å². The molecule has 1 aromatic heterocycles. The van der Waals surface area contributed by atoms with Gasteiger partial charge in [-0.3, -0.25) is 0 Å². The molecule has 1 aromatic rings. The van der Waals surface area contributed by atoms with E-state index in [1.165, 1.54) is 32.0 Å². The van der Waals surface area contributed by atoms with Gasteiger partial charge in [-0.05, 0) is 19.8 Å². The first-order chi connectivity index (χ1) is 7.68. The lowest BCUT2D eigenvalue weighted by Gasteiger charge is -2.16. The smallest absolute Gasteiger partial charge is 0.140 e. The Morgan fingerprint density at radius 2 is 2.12 bits per heavy atom. The highest BCUT2D eigenvalue weighted by atomic mass is 15.1. The van der Waals surface area contributed by atoms with Crippen molar-refractivity contribution in [3.8, 4) is 0 Å². The van der Waals surface area contributed by atoms with Crippen LogP contribution in [0, 0.1) is 5.41 Å². The Morgan fingerprint density at radius 1 is 1.44 bits per heavy atom. The van der Waals surface area contributed by atoms with E-state index in [4.69, 9.17) is 11.1 Å². The highest BCUT2D eigenvalue weighted by molar-refractivity contribution is 6.04. The van der Waals surface area contributed by atoms with Crippen LogP contribution in [0.2, 0.25) is 0 Å². The molecule has 4 N–H and O–H groups in total. The summed E-state index contributed by atoms with van der Waals surface area (Å²) >= 11 is 0. The summed E-state index contributed by atoms with van der Waals surface area (Å²) in [6.07, 6.45) is 6.30. The van der Waals surface area contributed by atoms with Crippen molar-refractivity contribution in [3.05, 3.63) is 11.9 Å². The molecule has 0 saturated heterocycles. The molecule has 1 fully saturated rings. The lowest BCUT2D eigenvalue weighted by Crippen LogP contribution is -2.19. The predicted octanol–water partition coefficient (Wildman–Crippen LogP) is 1.80. The second kappa shape index (κ2) is 4.47. The normalized spacial score (nSPS) is 16.3. The van der Waals surface area contributed by atoms with Gasteiger partial charge in [0.05, 0.1) is 5.56 Å². The number of hydrogen-bond acceptors (Lipinski definition) is 5. The van der Waals surface area contributed by atoms with Crippen LogP contribution in [0.1, 0.15) is 38.2 Å². The van der Waals surface area contributed by atoms with Crippen molar-refractivity contribution < 1.29 is 0 Å². The summed E-state index contributed by atoms with van der Waals surface area (Å²) in [7, 11) is 0. The van der Waals surface area contributed by atoms with Gasteiger partial charge in [-0.15, -0.1) is 0 Å². The number of rotatable bonds is 3. The zero-order valence-electron chi connectivity index (χ0n) is 9.45. The van der Waals surface area contributed by atoms with Crippen molar-refractivity contribution >= 4 is 17.3 Å². The van der Waals surface area contributed by atoms with Gasteiger partial charge in [0.1, 0.15) is 18.0 Å². The van der Waals surface area contributed by atoms with Crippen molar-refractivity contribution in [2.24, 2.45) is 0 Å². The quantitative estimate of drug-likeness (QED) is 0.676. The molecule has 86 valence electrons. The Balaban J connectivity index is 2.25. The zero-order valence-corrected chi connectivity index (χ0v) is 9.45. The molecule has 0 unspecified atom stereocenters. The highest BCUT2D eigenvalue weighted by Gasteiger charge is 2.18. The van der Waals surface area contributed by atoms with E-state index < -0.39 is 0 Å². The molecular formula is C11H17N5. The Bertz CT molecular complexity index is 395. The van der Waals surface area contributed by atoms with E-state index in [0.717, 1.165) is 0 Å². The van der Waals surface area contributed by atoms with Crippen LogP contribution in [0.15, 0.2) is 6.33 Å². The summed E-state index contributed by atoms with van der Waals surface area (Å²) in [5.41, 5.74) is 6.80. The molecule has 1 saturated carbocycles. The first-order valence-corrected chi connectivity index (χ1v) is 5.61. The molecule has 0 aromatic carbocycles. The Morgan fingerprint density at radius 3 is 2.75 bits per heavy atom. The van der Waals surface area contributed by atoms with Crippen LogP contribution >= 0.6 is 0 Å². The van der Waals surface area contributed by atoms with Crippen molar-refractivity contribution in [1.29, 1.82) is 5.41 Å². The number of hydrogen-bond donors (Lipinski definition) is 3. The molecule has 1 heterocycles. The third-order valence-electron chi connectivity index (χ3n) is 2.95. The van der Waals surface area contributed by atoms with Gasteiger partial charge in [0.2, 0.25) is 0 Å². The zero-order chi connectivity index (χ0) is 11.5. The average molecular weight is 219 g/mol. The van der Waals surface area contributed by atoms with Crippen molar-refractivity contribution in [1.82, 2.24) is 9.97 Å². The van der Waals surface area contributed by atoms with Crippen LogP contribution in [0.4, 0.5) is 11.6 Å². The van der Waals surface area contributed by atoms with Crippen molar-refractivity contribution in [2.45, 2.75) is 38.6 Å². The molecule has 0 radical (unpaired) electrons. The second-order valence-electron chi connectivity index (χ2n) is 4.23. The monoisotopic (exact) mass is 219 g/mol. The summed E-state index contributed by atoms with van der Waals surface area (Å²) in [6.45, 7) is 1.70. The van der Waals surface area contributed by atoms with E-state index in [2.05, 4.69) is 15.3 Å². The standard InChI is InChI=1S/C11H17N5/c1-7(12)9-10(13)14-6-15-11(9)16-8-4-2-3-5-8/h6,8,12H,2-5H2,1H3,(H3,13,14,15,16). The molecule has 1 aliphatic rings. The number of nitrogen functional groups attached to an aromatic ring is 1. The maximum atomic E-state index is 7.69. The Labute approximate surface area is 95.0 Å². The maximum Gasteiger partial charge on any atom is 0.140 e. The first kappa shape index (κ1) is 10.9. The predicted molar refractivity (Wildman–Crippen MR) is 64.8 cm³/mol. The van der Waals surface area contributed by atoms with Gasteiger partial charge >= 0.3 is 0 Å². The molecule has 0 spiro atoms. The van der Waals surface area contributed by atoms with Gasteiger partial charge in [0.15, 0.2) is 0 Å². The van der Waals surface area contributed by atoms with Gasteiger partial charge in [-0.25, -0.2) is 9.97 Å². The van der Waals surface area contributed by atoms with Crippen molar-refractivity contribution in [3.63, 3.8) is 0 Å². The van der Waals surface area contributed by atoms with E-state index >= 15 is 0 Å². The van der Waals surface area contributed by atoms with Crippen LogP contribution < -0.4 is 11.1 Å². The fourth-order valence-corrected chi connectivity index (χ4v) is 2.14. The maximum absolute atomic E-state index is 7.69. The molecule has 0 atom stereocenters. The molecule has 16 heavy (non-hydrogen) atoms. The van der Waals surface area contributed by atoms with Gasteiger partial charge in [-0.1, -0.05) is 12.8 Å². The molecule has 0 bridgehead atoms. The van der Waals surface area contributed by atoms with Crippen LogP contribution in [0.3, 0.4) is 0 Å². The Hall–Kier alpha value is -1.65. The number of nitrogens with one attached hydrogen (secondary N) is 2. The summed E-state index contributed by atoms with van der Waals surface area (Å²) in [6, 6.07) is 0.465. The van der Waals surface area contributed by atoms with Gasteiger partial charge in [0.25, 0.3) is 0 Å². The molecule has 5 nitrogen and oxygen atoms in total. The average Bonchev–Trinajstić information content (AvgIpc) is 2.70.